The highest BCUT2D eigenvalue weighted by Gasteiger charge is 2.34. The van der Waals surface area contributed by atoms with Gasteiger partial charge in [0.25, 0.3) is 10.0 Å². The number of benzene rings is 3. The highest BCUT2D eigenvalue weighted by molar-refractivity contribution is 7.92. The zero-order valence-electron chi connectivity index (χ0n) is 22.7. The molecule has 0 aromatic heterocycles. The van der Waals surface area contributed by atoms with Gasteiger partial charge in [-0.15, -0.1) is 0 Å². The first kappa shape index (κ1) is 29.6. The Hall–Kier alpha value is -3.36. The third-order valence-corrected chi connectivity index (χ3v) is 9.26. The van der Waals surface area contributed by atoms with Crippen LogP contribution in [0, 0.1) is 0 Å². The molecule has 1 atom stereocenters. The molecule has 0 radical (unpaired) electrons. The smallest absolute Gasteiger partial charge is 0.264 e. The number of carbonyl (C=O) groups is 2. The molecule has 0 spiro atoms. The maximum atomic E-state index is 14.1. The van der Waals surface area contributed by atoms with Gasteiger partial charge in [0.1, 0.15) is 12.6 Å². The second kappa shape index (κ2) is 13.8. The van der Waals surface area contributed by atoms with E-state index in [1.165, 1.54) is 23.1 Å². The summed E-state index contributed by atoms with van der Waals surface area (Å²) in [7, 11) is -4.12. The maximum Gasteiger partial charge on any atom is 0.264 e. The minimum atomic E-state index is -4.12. The number of amides is 2. The van der Waals surface area contributed by atoms with Crippen molar-refractivity contribution in [3.05, 3.63) is 95.5 Å². The van der Waals surface area contributed by atoms with Crippen molar-refractivity contribution in [2.75, 3.05) is 10.8 Å². The van der Waals surface area contributed by atoms with Crippen molar-refractivity contribution in [3.63, 3.8) is 0 Å². The lowest BCUT2D eigenvalue weighted by atomic mass is 9.95. The molecule has 1 aliphatic carbocycles. The van der Waals surface area contributed by atoms with Crippen LogP contribution >= 0.6 is 11.6 Å². The van der Waals surface area contributed by atoms with Crippen molar-refractivity contribution < 1.29 is 18.0 Å². The third kappa shape index (κ3) is 7.43. The number of anilines is 1. The van der Waals surface area contributed by atoms with Crippen molar-refractivity contribution in [1.29, 1.82) is 0 Å². The molecule has 7 nitrogen and oxygen atoms in total. The average molecular weight is 582 g/mol. The summed E-state index contributed by atoms with van der Waals surface area (Å²) in [5.41, 5.74) is 1.11. The first-order valence-electron chi connectivity index (χ1n) is 13.8. The van der Waals surface area contributed by atoms with Crippen molar-refractivity contribution in [2.45, 2.75) is 69.0 Å². The predicted molar refractivity (Wildman–Crippen MR) is 159 cm³/mol. The quantitative estimate of drug-likeness (QED) is 0.310. The first-order chi connectivity index (χ1) is 19.3. The number of sulfonamides is 1. The van der Waals surface area contributed by atoms with Gasteiger partial charge in [0, 0.05) is 17.6 Å². The maximum absolute atomic E-state index is 14.1. The average Bonchev–Trinajstić information content (AvgIpc) is 2.97. The number of halogens is 1. The second-order valence-electron chi connectivity index (χ2n) is 10.1. The topological polar surface area (TPSA) is 86.8 Å². The van der Waals surface area contributed by atoms with Gasteiger partial charge in [0.15, 0.2) is 0 Å². The van der Waals surface area contributed by atoms with Crippen LogP contribution in [0.25, 0.3) is 0 Å². The molecule has 0 bridgehead atoms. The highest BCUT2D eigenvalue weighted by Crippen LogP contribution is 2.27. The molecule has 2 amide bonds. The van der Waals surface area contributed by atoms with E-state index in [1.54, 1.807) is 36.4 Å². The van der Waals surface area contributed by atoms with Gasteiger partial charge in [-0.05, 0) is 55.2 Å². The first-order valence-corrected chi connectivity index (χ1v) is 15.6. The van der Waals surface area contributed by atoms with Crippen LogP contribution in [-0.4, -0.2) is 43.8 Å². The molecule has 1 saturated carbocycles. The van der Waals surface area contributed by atoms with Gasteiger partial charge in [-0.25, -0.2) is 8.42 Å². The summed E-state index contributed by atoms with van der Waals surface area (Å²) in [6.45, 7) is 1.55. The number of carbonyl (C=O) groups excluding carboxylic acids is 2. The minimum absolute atomic E-state index is 0.0551. The molecule has 3 aromatic carbocycles. The molecule has 40 heavy (non-hydrogen) atoms. The summed E-state index contributed by atoms with van der Waals surface area (Å²) in [6, 6.07) is 23.1. The van der Waals surface area contributed by atoms with Crippen molar-refractivity contribution in [3.8, 4) is 0 Å². The fraction of sp³-hybridized carbons (Fsp3) is 0.355. The van der Waals surface area contributed by atoms with Crippen LogP contribution in [0.2, 0.25) is 5.02 Å². The fourth-order valence-electron chi connectivity index (χ4n) is 5.12. The van der Waals surface area contributed by atoms with Crippen LogP contribution in [0.1, 0.15) is 51.0 Å². The van der Waals surface area contributed by atoms with Gasteiger partial charge >= 0.3 is 0 Å². The van der Waals surface area contributed by atoms with E-state index >= 15 is 0 Å². The molecule has 0 heterocycles. The third-order valence-electron chi connectivity index (χ3n) is 7.24. The summed E-state index contributed by atoms with van der Waals surface area (Å²) in [5.74, 6) is -0.687. The zero-order valence-corrected chi connectivity index (χ0v) is 24.3. The number of hydrogen-bond donors (Lipinski definition) is 1. The summed E-state index contributed by atoms with van der Waals surface area (Å²) in [5, 5.41) is 3.50. The molecular weight excluding hydrogens is 546 g/mol. The fourth-order valence-corrected chi connectivity index (χ4v) is 6.74. The molecule has 0 saturated heterocycles. The van der Waals surface area contributed by atoms with Gasteiger partial charge in [-0.1, -0.05) is 92.4 Å². The van der Waals surface area contributed by atoms with Crippen LogP contribution in [0.5, 0.6) is 0 Å². The van der Waals surface area contributed by atoms with E-state index in [0.717, 1.165) is 42.0 Å². The van der Waals surface area contributed by atoms with E-state index in [4.69, 9.17) is 11.6 Å². The second-order valence-corrected chi connectivity index (χ2v) is 12.4. The van der Waals surface area contributed by atoms with Gasteiger partial charge in [0.2, 0.25) is 11.8 Å². The molecule has 4 rings (SSSR count). The Balaban J connectivity index is 1.68. The normalized spacial score (nSPS) is 14.8. The Labute approximate surface area is 242 Å². The van der Waals surface area contributed by atoms with E-state index in [0.29, 0.717) is 11.4 Å². The molecule has 0 aliphatic heterocycles. The lowest BCUT2D eigenvalue weighted by molar-refractivity contribution is -0.140. The van der Waals surface area contributed by atoms with E-state index in [1.807, 2.05) is 37.3 Å². The summed E-state index contributed by atoms with van der Waals surface area (Å²) >= 11 is 6.23. The standard InChI is InChI=1S/C31H36ClN3O4S/c1-2-29(31(37)33-26-16-8-4-9-17-26)34(22-24-13-6-3-7-14-24)30(36)23-35(27-18-12-15-25(32)21-27)40(38,39)28-19-10-5-11-20-28/h3,5-7,10-15,18-21,26,29H,2,4,8-9,16-17,22-23H2,1H3,(H,33,37). The van der Waals surface area contributed by atoms with Crippen LogP contribution in [0.3, 0.4) is 0 Å². The minimum Gasteiger partial charge on any atom is -0.352 e. The largest absolute Gasteiger partial charge is 0.352 e. The van der Waals surface area contributed by atoms with Crippen molar-refractivity contribution in [2.24, 2.45) is 0 Å². The van der Waals surface area contributed by atoms with E-state index in [-0.39, 0.29) is 29.1 Å². The van der Waals surface area contributed by atoms with Gasteiger partial charge in [0.05, 0.1) is 10.6 Å². The molecule has 1 unspecified atom stereocenters. The Morgan fingerprint density at radius 1 is 0.925 bits per heavy atom. The van der Waals surface area contributed by atoms with Crippen molar-refractivity contribution in [1.82, 2.24) is 10.2 Å². The SMILES string of the molecule is CCC(C(=O)NC1CCCCC1)N(Cc1ccccc1)C(=O)CN(c1cccc(Cl)c1)S(=O)(=O)c1ccccc1. The Morgan fingerprint density at radius 3 is 2.20 bits per heavy atom. The number of rotatable bonds is 11. The van der Waals surface area contributed by atoms with Crippen LogP contribution in [0.15, 0.2) is 89.8 Å². The van der Waals surface area contributed by atoms with E-state index in [2.05, 4.69) is 5.32 Å². The Kier molecular flexibility index (Phi) is 10.2. The predicted octanol–water partition coefficient (Wildman–Crippen LogP) is 5.79. The summed E-state index contributed by atoms with van der Waals surface area (Å²) < 4.78 is 28.7. The molecule has 1 N–H and O–H groups in total. The monoisotopic (exact) mass is 581 g/mol. The summed E-state index contributed by atoms with van der Waals surface area (Å²) in [4.78, 5) is 29.2. The number of hydrogen-bond acceptors (Lipinski definition) is 4. The Bertz CT molecular complexity index is 1380. The van der Waals surface area contributed by atoms with Crippen molar-refractivity contribution >= 4 is 39.1 Å². The zero-order chi connectivity index (χ0) is 28.5. The highest BCUT2D eigenvalue weighted by atomic mass is 35.5. The van der Waals surface area contributed by atoms with Gasteiger partial charge < -0.3 is 10.2 Å². The molecule has 3 aromatic rings. The van der Waals surface area contributed by atoms with Gasteiger partial charge in [-0.3, -0.25) is 13.9 Å². The van der Waals surface area contributed by atoms with E-state index < -0.39 is 28.5 Å². The van der Waals surface area contributed by atoms with E-state index in [9.17, 15) is 18.0 Å². The van der Waals surface area contributed by atoms with Crippen LogP contribution in [0.4, 0.5) is 5.69 Å². The van der Waals surface area contributed by atoms with Gasteiger partial charge in [-0.2, -0.15) is 0 Å². The Morgan fingerprint density at radius 2 is 1.57 bits per heavy atom. The number of nitrogens with zero attached hydrogens (tertiary/aromatic N) is 2. The molecule has 212 valence electrons. The molecule has 9 heteroatoms. The molecular formula is C31H36ClN3O4S. The van der Waals surface area contributed by atoms with Crippen LogP contribution in [-0.2, 0) is 26.2 Å². The lowest BCUT2D eigenvalue weighted by Gasteiger charge is -2.34. The lowest BCUT2D eigenvalue weighted by Crippen LogP contribution is -2.54. The molecule has 1 fully saturated rings. The van der Waals surface area contributed by atoms with Crippen LogP contribution < -0.4 is 9.62 Å². The summed E-state index contributed by atoms with van der Waals surface area (Å²) in [6.07, 6.45) is 5.54. The molecule has 1 aliphatic rings. The number of nitrogens with one attached hydrogen (secondary N) is 1.